The lowest BCUT2D eigenvalue weighted by molar-refractivity contribution is 0.299. The number of hydrogen-bond acceptors (Lipinski definition) is 12. The van der Waals surface area contributed by atoms with Gasteiger partial charge in [0, 0.05) is 91.8 Å². The molecule has 0 unspecified atom stereocenters. The number of para-hydroxylation sites is 2. The van der Waals surface area contributed by atoms with Crippen LogP contribution in [0.3, 0.4) is 0 Å². The second-order valence-electron chi connectivity index (χ2n) is 37.5. The molecule has 12 heteroatoms. The molecule has 0 radical (unpaired) electrons. The molecule has 624 valence electrons. The van der Waals surface area contributed by atoms with Gasteiger partial charge < -0.3 is 8.83 Å². The van der Waals surface area contributed by atoms with Crippen LogP contribution in [0.4, 0.5) is 0 Å². The van der Waals surface area contributed by atoms with Crippen LogP contribution in [-0.4, -0.2) is 44.9 Å². The standard InChI is InChI=1S/2C39H31N3O.C39H31N3S/c1-38(2)30-18-10-8-16-28(30)34-29(17-12-19-31(34)39(38,3)4)37-41-35(24-13-6-5-7-14-24)40-36(42-37)25-21-22-27-26-15-9-11-20-32(26)43-33(27)23-25;1-38(2)31-16-10-8-14-27(31)30-22-25(19-21-32(30)39(38,3)4)36-40-35(24-12-6-5-7-13-24)41-37(42-36)26-18-20-29-28-15-9-11-17-33(28)43-34(29)23-26;1-38(2)30-18-10-8-16-27(30)34-28(17-12-19-31(34)39(38,3)4)37-41-35(24-13-6-5-7-14-24)40-36(42-37)25-21-22-33-29(23-25)26-15-9-11-20-32(26)43-33/h3*5-23H,1-4H3. The first-order valence-electron chi connectivity index (χ1n) is 44.4. The normalized spacial score (nSPS) is 14.9. The summed E-state index contributed by atoms with van der Waals surface area (Å²) in [4.78, 5) is 45.8. The summed E-state index contributed by atoms with van der Waals surface area (Å²) in [6, 6.07) is 121. The van der Waals surface area contributed by atoms with Crippen molar-refractivity contribution < 1.29 is 8.83 Å². The van der Waals surface area contributed by atoms with E-state index in [1.54, 1.807) is 0 Å². The molecule has 6 heterocycles. The molecule has 0 atom stereocenters. The zero-order chi connectivity index (χ0) is 88.0. The summed E-state index contributed by atoms with van der Waals surface area (Å²) in [5.74, 6) is 5.89. The Morgan fingerprint density at radius 3 is 0.907 bits per heavy atom. The van der Waals surface area contributed by atoms with Crippen molar-refractivity contribution in [2.45, 2.75) is 116 Å². The minimum atomic E-state index is -0.114. The number of rotatable bonds is 9. The molecule has 0 spiro atoms. The summed E-state index contributed by atoms with van der Waals surface area (Å²) in [5, 5.41) is 6.86. The van der Waals surface area contributed by atoms with Gasteiger partial charge in [-0.05, 0) is 166 Å². The van der Waals surface area contributed by atoms with Gasteiger partial charge in [-0.2, -0.15) is 0 Å². The van der Waals surface area contributed by atoms with Crippen molar-refractivity contribution in [1.82, 2.24) is 44.9 Å². The first kappa shape index (κ1) is 80.0. The predicted octanol–water partition coefficient (Wildman–Crippen LogP) is 30.5. The van der Waals surface area contributed by atoms with Crippen LogP contribution in [0.5, 0.6) is 0 Å². The van der Waals surface area contributed by atoms with E-state index in [1.807, 2.05) is 139 Å². The van der Waals surface area contributed by atoms with Gasteiger partial charge in [0.05, 0.1) is 0 Å². The van der Waals surface area contributed by atoms with Crippen molar-refractivity contribution in [2.75, 3.05) is 0 Å². The summed E-state index contributed by atoms with van der Waals surface area (Å²) >= 11 is 1.82. The van der Waals surface area contributed by atoms with Crippen LogP contribution in [0.15, 0.2) is 355 Å². The van der Waals surface area contributed by atoms with Crippen LogP contribution in [0.2, 0.25) is 0 Å². The van der Waals surface area contributed by atoms with E-state index in [4.69, 9.17) is 53.7 Å². The number of aromatic nitrogens is 9. The molecule has 0 saturated carbocycles. The molecule has 6 aromatic heterocycles. The molecule has 0 saturated heterocycles. The number of nitrogens with zero attached hydrogens (tertiary/aromatic N) is 9. The Hall–Kier alpha value is -14.9. The van der Waals surface area contributed by atoms with Gasteiger partial charge in [0.2, 0.25) is 0 Å². The Labute approximate surface area is 754 Å². The van der Waals surface area contributed by atoms with Crippen LogP contribution in [0, 0.1) is 0 Å². The number of benzene rings is 15. The van der Waals surface area contributed by atoms with Gasteiger partial charge in [-0.25, -0.2) is 44.9 Å². The lowest BCUT2D eigenvalue weighted by Gasteiger charge is -2.48. The monoisotopic (exact) mass is 1690 g/mol. The average molecular weight is 1690 g/mol. The molecule has 0 N–H and O–H groups in total. The van der Waals surface area contributed by atoms with Crippen molar-refractivity contribution >= 4 is 75.4 Å². The average Bonchev–Trinajstić information content (AvgIpc) is 1.55. The van der Waals surface area contributed by atoms with E-state index in [0.29, 0.717) is 52.4 Å². The summed E-state index contributed by atoms with van der Waals surface area (Å²) < 4.78 is 15.0. The molecular formula is C117H93N9O2S. The van der Waals surface area contributed by atoms with E-state index in [9.17, 15) is 0 Å². The summed E-state index contributed by atoms with van der Waals surface area (Å²) in [5.41, 5.74) is 27.1. The van der Waals surface area contributed by atoms with Crippen molar-refractivity contribution in [3.05, 3.63) is 379 Å². The van der Waals surface area contributed by atoms with Crippen molar-refractivity contribution in [3.8, 4) is 136 Å². The van der Waals surface area contributed by atoms with E-state index in [1.165, 1.54) is 86.9 Å². The zero-order valence-corrected chi connectivity index (χ0v) is 75.0. The molecule has 3 aliphatic carbocycles. The maximum atomic E-state index is 6.23. The first-order chi connectivity index (χ1) is 62.5. The Morgan fingerprint density at radius 1 is 0.178 bits per heavy atom. The largest absolute Gasteiger partial charge is 0.456 e. The number of furan rings is 2. The zero-order valence-electron chi connectivity index (χ0n) is 74.2. The third-order valence-corrected chi connectivity index (χ3v) is 30.3. The highest BCUT2D eigenvalue weighted by atomic mass is 32.1. The number of thiophene rings is 1. The van der Waals surface area contributed by atoms with E-state index in [2.05, 4.69) is 301 Å². The van der Waals surface area contributed by atoms with E-state index >= 15 is 0 Å². The van der Waals surface area contributed by atoms with Crippen LogP contribution >= 0.6 is 11.3 Å². The third kappa shape index (κ3) is 13.1. The van der Waals surface area contributed by atoms with Gasteiger partial charge in [0.1, 0.15) is 22.3 Å². The highest BCUT2D eigenvalue weighted by Crippen LogP contribution is 2.59. The van der Waals surface area contributed by atoms with Gasteiger partial charge in [-0.3, -0.25) is 0 Å². The number of fused-ring (bicyclic) bond motifs is 18. The Kier molecular flexibility index (Phi) is 18.9. The van der Waals surface area contributed by atoms with E-state index in [0.717, 1.165) is 93.9 Å². The lowest BCUT2D eigenvalue weighted by atomic mass is 9.55. The molecule has 0 aliphatic heterocycles. The molecule has 24 rings (SSSR count). The van der Waals surface area contributed by atoms with Gasteiger partial charge in [0.25, 0.3) is 0 Å². The molecule has 0 amide bonds. The topological polar surface area (TPSA) is 142 Å². The molecular weight excluding hydrogens is 1600 g/mol. The summed E-state index contributed by atoms with van der Waals surface area (Å²) in [6.07, 6.45) is 0. The minimum absolute atomic E-state index is 0.0196. The molecule has 3 aliphatic rings. The molecule has 21 aromatic rings. The SMILES string of the molecule is CC1(C)c2ccccc2-c2c(-c3nc(-c4ccccc4)nc(-c4ccc5c(c4)oc4ccccc45)n3)cccc2C1(C)C.CC1(C)c2ccccc2-c2c(-c3nc(-c4ccccc4)nc(-c4ccc5sc6ccccc6c5c4)n3)cccc2C1(C)C.CC1(C)c2ccccc2-c2cc(-c3nc(-c4ccccc4)nc(-c4ccc5c(c4)oc4ccccc45)n3)ccc2C1(C)C. The predicted molar refractivity (Wildman–Crippen MR) is 530 cm³/mol. The maximum Gasteiger partial charge on any atom is 0.164 e. The molecule has 11 nitrogen and oxygen atoms in total. The van der Waals surface area contributed by atoms with E-state index < -0.39 is 0 Å². The van der Waals surface area contributed by atoms with Gasteiger partial charge in [-0.1, -0.05) is 362 Å². The quantitative estimate of drug-likeness (QED) is 0.136. The van der Waals surface area contributed by atoms with Crippen molar-refractivity contribution in [1.29, 1.82) is 0 Å². The molecule has 129 heavy (non-hydrogen) atoms. The van der Waals surface area contributed by atoms with Gasteiger partial charge in [-0.15, -0.1) is 11.3 Å². The summed E-state index contributed by atoms with van der Waals surface area (Å²) in [6.45, 7) is 28.3. The van der Waals surface area contributed by atoms with Gasteiger partial charge >= 0.3 is 0 Å². The molecule has 0 fully saturated rings. The number of hydrogen-bond donors (Lipinski definition) is 0. The van der Waals surface area contributed by atoms with Crippen LogP contribution in [0.1, 0.15) is 116 Å². The summed E-state index contributed by atoms with van der Waals surface area (Å²) in [7, 11) is 0. The van der Waals surface area contributed by atoms with Gasteiger partial charge in [0.15, 0.2) is 52.4 Å². The Bertz CT molecular complexity index is 8070. The Balaban J connectivity index is 0.000000114. The molecule has 0 bridgehead atoms. The van der Waals surface area contributed by atoms with E-state index in [-0.39, 0.29) is 32.5 Å². The first-order valence-corrected chi connectivity index (χ1v) is 45.2. The van der Waals surface area contributed by atoms with Crippen molar-refractivity contribution in [3.63, 3.8) is 0 Å². The second kappa shape index (κ2) is 30.5. The van der Waals surface area contributed by atoms with Crippen LogP contribution < -0.4 is 0 Å². The fraction of sp³-hybridized carbons (Fsp3) is 0.154. The van der Waals surface area contributed by atoms with Crippen molar-refractivity contribution in [2.24, 2.45) is 0 Å². The smallest absolute Gasteiger partial charge is 0.164 e. The molecule has 15 aromatic carbocycles. The third-order valence-electron chi connectivity index (χ3n) is 29.1. The Morgan fingerprint density at radius 2 is 0.465 bits per heavy atom. The second-order valence-corrected chi connectivity index (χ2v) is 38.6. The highest BCUT2D eigenvalue weighted by molar-refractivity contribution is 7.25. The minimum Gasteiger partial charge on any atom is -0.456 e. The maximum absolute atomic E-state index is 6.23. The fourth-order valence-electron chi connectivity index (χ4n) is 20.0. The lowest BCUT2D eigenvalue weighted by Crippen LogP contribution is -2.43. The van der Waals surface area contributed by atoms with Crippen LogP contribution in [-0.2, 0) is 32.5 Å². The fourth-order valence-corrected chi connectivity index (χ4v) is 21.0. The highest BCUT2D eigenvalue weighted by Gasteiger charge is 2.49. The van der Waals surface area contributed by atoms with Crippen LogP contribution in [0.25, 0.3) is 200 Å².